The second-order valence-electron chi connectivity index (χ2n) is 9.24. The number of benzene rings is 1. The van der Waals surface area contributed by atoms with Crippen LogP contribution < -0.4 is 10.6 Å². The molecule has 3 amide bonds. The summed E-state index contributed by atoms with van der Waals surface area (Å²) >= 11 is 0. The minimum absolute atomic E-state index is 0.0733. The molecule has 0 bridgehead atoms. The van der Waals surface area contributed by atoms with Gasteiger partial charge in [-0.05, 0) is 37.7 Å². The molecule has 2 rings (SSSR count). The molecule has 1 aliphatic heterocycles. The third-order valence-corrected chi connectivity index (χ3v) is 6.04. The smallest absolute Gasteiger partial charge is 0.408 e. The van der Waals surface area contributed by atoms with Crippen LogP contribution in [0.1, 0.15) is 65.4 Å². The highest BCUT2D eigenvalue weighted by Crippen LogP contribution is 2.20. The summed E-state index contributed by atoms with van der Waals surface area (Å²) in [6.45, 7) is 7.43. The predicted molar refractivity (Wildman–Crippen MR) is 130 cm³/mol. The van der Waals surface area contributed by atoms with Crippen LogP contribution in [0.4, 0.5) is 4.79 Å². The Hall–Kier alpha value is -3.23. The van der Waals surface area contributed by atoms with Crippen molar-refractivity contribution >= 4 is 29.5 Å². The third-order valence-electron chi connectivity index (χ3n) is 6.04. The molecule has 0 aliphatic carbocycles. The van der Waals surface area contributed by atoms with Gasteiger partial charge >= 0.3 is 6.09 Å². The molecular formula is C26H37N3O6. The van der Waals surface area contributed by atoms with Crippen LogP contribution >= 0.6 is 0 Å². The lowest BCUT2D eigenvalue weighted by Gasteiger charge is -2.29. The summed E-state index contributed by atoms with van der Waals surface area (Å²) in [5, 5.41) is 5.22. The van der Waals surface area contributed by atoms with Crippen molar-refractivity contribution in [3.05, 3.63) is 35.9 Å². The van der Waals surface area contributed by atoms with E-state index in [1.807, 2.05) is 37.3 Å². The molecule has 1 fully saturated rings. The number of ketones is 2. The molecule has 2 N–H and O–H groups in total. The van der Waals surface area contributed by atoms with Gasteiger partial charge in [-0.15, -0.1) is 0 Å². The topological polar surface area (TPSA) is 122 Å². The highest BCUT2D eigenvalue weighted by atomic mass is 16.5. The molecule has 0 unspecified atom stereocenters. The van der Waals surface area contributed by atoms with E-state index < -0.39 is 47.6 Å². The average Bonchev–Trinajstić information content (AvgIpc) is 3.34. The van der Waals surface area contributed by atoms with Crippen LogP contribution in [0.5, 0.6) is 0 Å². The number of Topliss-reactive ketones (excluding diaryl/α,β-unsaturated/α-hetero) is 2. The SMILES string of the molecule is CCCCC(=O)C(=O)[C@@H](NC(=O)[C@@H]1CCCN1C(=O)[C@H](C)NC(=O)OCc1ccccc1)C(C)C. The molecule has 0 aromatic heterocycles. The summed E-state index contributed by atoms with van der Waals surface area (Å²) in [5.74, 6) is -2.25. The number of carbonyl (C=O) groups is 5. The molecule has 0 saturated carbocycles. The van der Waals surface area contributed by atoms with Crippen LogP contribution in [0.15, 0.2) is 30.3 Å². The summed E-state index contributed by atoms with van der Waals surface area (Å²) in [7, 11) is 0. The predicted octanol–water partition coefficient (Wildman–Crippen LogP) is 2.76. The van der Waals surface area contributed by atoms with Crippen LogP contribution in [0.2, 0.25) is 0 Å². The number of unbranched alkanes of at least 4 members (excludes halogenated alkanes) is 1. The van der Waals surface area contributed by atoms with Gasteiger partial charge in [0.1, 0.15) is 18.7 Å². The van der Waals surface area contributed by atoms with Gasteiger partial charge in [0.15, 0.2) is 0 Å². The first-order valence-corrected chi connectivity index (χ1v) is 12.3. The van der Waals surface area contributed by atoms with E-state index in [4.69, 9.17) is 4.74 Å². The van der Waals surface area contributed by atoms with Gasteiger partial charge < -0.3 is 20.3 Å². The Bertz CT molecular complexity index is 902. The van der Waals surface area contributed by atoms with Gasteiger partial charge in [-0.25, -0.2) is 4.79 Å². The summed E-state index contributed by atoms with van der Waals surface area (Å²) in [6, 6.07) is 6.56. The number of hydrogen-bond donors (Lipinski definition) is 2. The molecule has 1 heterocycles. The lowest BCUT2D eigenvalue weighted by Crippen LogP contribution is -2.56. The first-order valence-electron chi connectivity index (χ1n) is 12.3. The van der Waals surface area contributed by atoms with Crippen LogP contribution in [0.3, 0.4) is 0 Å². The van der Waals surface area contributed by atoms with E-state index in [0.717, 1.165) is 12.0 Å². The molecule has 192 valence electrons. The molecule has 0 radical (unpaired) electrons. The number of amides is 3. The van der Waals surface area contributed by atoms with Crippen LogP contribution in [-0.4, -0.2) is 59.0 Å². The van der Waals surface area contributed by atoms with Crippen molar-refractivity contribution in [2.24, 2.45) is 5.92 Å². The number of ether oxygens (including phenoxy) is 1. The summed E-state index contributed by atoms with van der Waals surface area (Å²) in [5.41, 5.74) is 0.820. The van der Waals surface area contributed by atoms with Crippen LogP contribution in [-0.2, 0) is 30.5 Å². The number of nitrogens with zero attached hydrogens (tertiary/aromatic N) is 1. The van der Waals surface area contributed by atoms with Gasteiger partial charge in [-0.3, -0.25) is 19.2 Å². The Kier molecular flexibility index (Phi) is 10.9. The van der Waals surface area contributed by atoms with Gasteiger partial charge in [0.25, 0.3) is 0 Å². The number of alkyl carbamates (subject to hydrolysis) is 1. The van der Waals surface area contributed by atoms with E-state index in [-0.39, 0.29) is 18.9 Å². The number of rotatable bonds is 12. The van der Waals surface area contributed by atoms with E-state index in [0.29, 0.717) is 25.8 Å². The molecule has 1 aromatic carbocycles. The van der Waals surface area contributed by atoms with Crippen molar-refractivity contribution in [1.29, 1.82) is 0 Å². The third kappa shape index (κ3) is 8.19. The van der Waals surface area contributed by atoms with Crippen molar-refractivity contribution < 1.29 is 28.7 Å². The fraction of sp³-hybridized carbons (Fsp3) is 0.577. The Morgan fingerprint density at radius 2 is 1.74 bits per heavy atom. The van der Waals surface area contributed by atoms with Crippen molar-refractivity contribution in [1.82, 2.24) is 15.5 Å². The Labute approximate surface area is 207 Å². The van der Waals surface area contributed by atoms with Crippen molar-refractivity contribution in [2.45, 2.75) is 84.5 Å². The highest BCUT2D eigenvalue weighted by molar-refractivity contribution is 6.39. The van der Waals surface area contributed by atoms with Crippen LogP contribution in [0.25, 0.3) is 0 Å². The molecular weight excluding hydrogens is 450 g/mol. The zero-order valence-corrected chi connectivity index (χ0v) is 21.0. The maximum absolute atomic E-state index is 13.0. The van der Waals surface area contributed by atoms with E-state index in [1.165, 1.54) is 11.8 Å². The van der Waals surface area contributed by atoms with E-state index in [2.05, 4.69) is 10.6 Å². The first-order chi connectivity index (χ1) is 16.6. The maximum atomic E-state index is 13.0. The van der Waals surface area contributed by atoms with Gasteiger partial charge in [-0.1, -0.05) is 57.5 Å². The monoisotopic (exact) mass is 487 g/mol. The standard InChI is InChI=1S/C26H37N3O6/c1-5-6-14-21(30)23(31)22(17(2)3)28-24(32)20-13-10-15-29(20)25(33)18(4)27-26(34)35-16-19-11-8-7-9-12-19/h7-9,11-12,17-18,20,22H,5-6,10,13-16H2,1-4H3,(H,27,34)(H,28,32)/t18-,20-,22-/m0/s1. The fourth-order valence-electron chi connectivity index (χ4n) is 3.97. The summed E-state index contributed by atoms with van der Waals surface area (Å²) < 4.78 is 5.17. The quantitative estimate of drug-likeness (QED) is 0.437. The highest BCUT2D eigenvalue weighted by Gasteiger charge is 2.39. The van der Waals surface area contributed by atoms with Gasteiger partial charge in [0.05, 0.1) is 6.04 Å². The molecule has 3 atom stereocenters. The molecule has 0 spiro atoms. The average molecular weight is 488 g/mol. The summed E-state index contributed by atoms with van der Waals surface area (Å²) in [6.07, 6.45) is 1.89. The molecule has 35 heavy (non-hydrogen) atoms. The molecule has 9 nitrogen and oxygen atoms in total. The first kappa shape index (κ1) is 28.0. The van der Waals surface area contributed by atoms with E-state index in [1.54, 1.807) is 13.8 Å². The van der Waals surface area contributed by atoms with E-state index >= 15 is 0 Å². The maximum Gasteiger partial charge on any atom is 0.408 e. The van der Waals surface area contributed by atoms with Crippen molar-refractivity contribution in [2.75, 3.05) is 6.54 Å². The van der Waals surface area contributed by atoms with Crippen LogP contribution in [0, 0.1) is 5.92 Å². The zero-order valence-electron chi connectivity index (χ0n) is 21.0. The number of nitrogens with one attached hydrogen (secondary N) is 2. The minimum Gasteiger partial charge on any atom is -0.445 e. The zero-order chi connectivity index (χ0) is 26.0. The van der Waals surface area contributed by atoms with Crippen molar-refractivity contribution in [3.63, 3.8) is 0 Å². The Morgan fingerprint density at radius 3 is 2.37 bits per heavy atom. The second-order valence-corrected chi connectivity index (χ2v) is 9.24. The lowest BCUT2D eigenvalue weighted by molar-refractivity contribution is -0.142. The number of likely N-dealkylation sites (tertiary alicyclic amines) is 1. The molecule has 1 aromatic rings. The summed E-state index contributed by atoms with van der Waals surface area (Å²) in [4.78, 5) is 64.5. The van der Waals surface area contributed by atoms with Gasteiger partial charge in [0, 0.05) is 13.0 Å². The lowest BCUT2D eigenvalue weighted by atomic mass is 9.94. The Balaban J connectivity index is 1.95. The largest absolute Gasteiger partial charge is 0.445 e. The van der Waals surface area contributed by atoms with Gasteiger partial charge in [0.2, 0.25) is 23.4 Å². The van der Waals surface area contributed by atoms with Crippen molar-refractivity contribution in [3.8, 4) is 0 Å². The van der Waals surface area contributed by atoms with Gasteiger partial charge in [-0.2, -0.15) is 0 Å². The minimum atomic E-state index is -0.937. The van der Waals surface area contributed by atoms with E-state index in [9.17, 15) is 24.0 Å². The molecule has 9 heteroatoms. The number of hydrogen-bond acceptors (Lipinski definition) is 6. The Morgan fingerprint density at radius 1 is 1.06 bits per heavy atom. The molecule has 1 saturated heterocycles. The fourth-order valence-corrected chi connectivity index (χ4v) is 3.97. The second kappa shape index (κ2) is 13.6. The molecule has 1 aliphatic rings. The normalized spacial score (nSPS) is 16.9. The number of carbonyl (C=O) groups excluding carboxylic acids is 5.